The minimum atomic E-state index is -0.327. The van der Waals surface area contributed by atoms with Gasteiger partial charge in [0.05, 0.1) is 5.41 Å². The predicted molar refractivity (Wildman–Crippen MR) is 118 cm³/mol. The molecule has 1 atom stereocenters. The maximum atomic E-state index is 5.41. The van der Waals surface area contributed by atoms with Crippen LogP contribution >= 0.6 is 15.9 Å². The molecule has 1 heteroatoms. The fourth-order valence-electron chi connectivity index (χ4n) is 4.28. The molecule has 0 saturated heterocycles. The van der Waals surface area contributed by atoms with E-state index in [-0.39, 0.29) is 5.41 Å². The fraction of sp³-hybridized carbons (Fsp3) is 0.0769. The summed E-state index contributed by atoms with van der Waals surface area (Å²) in [5.74, 6) is 2.58. The SMILES string of the molecule is C#C/C=C\C=C(/C)C1(c2ccccc2)c2ccccc2-c2cc(Br)ccc21. The van der Waals surface area contributed by atoms with E-state index in [9.17, 15) is 0 Å². The lowest BCUT2D eigenvalue weighted by Gasteiger charge is -2.34. The van der Waals surface area contributed by atoms with Crippen LogP contribution < -0.4 is 0 Å². The standard InChI is InChI=1S/C26H19Br/c1-3-4-6-11-19(2)26(20-12-7-5-8-13-20)24-15-10-9-14-22(24)23-18-21(27)16-17-25(23)26/h1,4-18H,2H3/b6-4-,19-11+. The van der Waals surface area contributed by atoms with Crippen LogP contribution in [-0.4, -0.2) is 0 Å². The highest BCUT2D eigenvalue weighted by Crippen LogP contribution is 2.56. The Balaban J connectivity index is 2.13. The summed E-state index contributed by atoms with van der Waals surface area (Å²) in [4.78, 5) is 0. The molecular formula is C26H19Br. The monoisotopic (exact) mass is 410 g/mol. The van der Waals surface area contributed by atoms with Gasteiger partial charge in [-0.3, -0.25) is 0 Å². The van der Waals surface area contributed by atoms with Crippen molar-refractivity contribution in [3.05, 3.63) is 118 Å². The molecular weight excluding hydrogens is 392 g/mol. The molecule has 3 aromatic carbocycles. The smallest absolute Gasteiger partial charge is 0.0673 e. The Morgan fingerprint density at radius 1 is 0.926 bits per heavy atom. The molecule has 0 aromatic heterocycles. The van der Waals surface area contributed by atoms with E-state index in [1.165, 1.54) is 33.4 Å². The van der Waals surface area contributed by atoms with Crippen molar-refractivity contribution in [3.63, 3.8) is 0 Å². The second kappa shape index (κ2) is 7.06. The third kappa shape index (κ3) is 2.69. The quantitative estimate of drug-likeness (QED) is 0.325. The topological polar surface area (TPSA) is 0 Å². The fourth-order valence-corrected chi connectivity index (χ4v) is 4.64. The zero-order valence-electron chi connectivity index (χ0n) is 15.1. The van der Waals surface area contributed by atoms with Gasteiger partial charge in [-0.15, -0.1) is 6.42 Å². The van der Waals surface area contributed by atoms with Crippen LogP contribution in [0.2, 0.25) is 0 Å². The highest BCUT2D eigenvalue weighted by Gasteiger charge is 2.45. The molecule has 1 unspecified atom stereocenters. The number of benzene rings is 3. The van der Waals surface area contributed by atoms with Crippen molar-refractivity contribution in [1.82, 2.24) is 0 Å². The van der Waals surface area contributed by atoms with Crippen molar-refractivity contribution in [2.45, 2.75) is 12.3 Å². The zero-order chi connectivity index (χ0) is 18.9. The first-order chi connectivity index (χ1) is 13.2. The summed E-state index contributed by atoms with van der Waals surface area (Å²) in [6.07, 6.45) is 11.2. The van der Waals surface area contributed by atoms with Gasteiger partial charge in [-0.1, -0.05) is 100 Å². The van der Waals surface area contributed by atoms with Gasteiger partial charge in [0.15, 0.2) is 0 Å². The molecule has 0 aliphatic heterocycles. The molecule has 0 nitrogen and oxygen atoms in total. The second-order valence-corrected chi connectivity index (χ2v) is 7.64. The first-order valence-corrected chi connectivity index (χ1v) is 9.74. The van der Waals surface area contributed by atoms with Crippen molar-refractivity contribution in [1.29, 1.82) is 0 Å². The van der Waals surface area contributed by atoms with Crippen molar-refractivity contribution in [2.75, 3.05) is 0 Å². The van der Waals surface area contributed by atoms with Crippen LogP contribution in [0.15, 0.2) is 101 Å². The lowest BCUT2D eigenvalue weighted by molar-refractivity contribution is 0.746. The normalized spacial score (nSPS) is 18.2. The molecule has 0 radical (unpaired) electrons. The molecule has 4 rings (SSSR count). The van der Waals surface area contributed by atoms with Crippen LogP contribution in [-0.2, 0) is 5.41 Å². The molecule has 0 N–H and O–H groups in total. The summed E-state index contributed by atoms with van der Waals surface area (Å²) in [6, 6.07) is 26.0. The Kier molecular flexibility index (Phi) is 4.60. The summed E-state index contributed by atoms with van der Waals surface area (Å²) in [5.41, 5.74) is 7.36. The van der Waals surface area contributed by atoms with Gasteiger partial charge in [0.2, 0.25) is 0 Å². The number of rotatable bonds is 3. The lowest BCUT2D eigenvalue weighted by atomic mass is 9.67. The maximum absolute atomic E-state index is 5.41. The van der Waals surface area contributed by atoms with E-state index in [0.29, 0.717) is 0 Å². The average Bonchev–Trinajstić information content (AvgIpc) is 2.99. The average molecular weight is 411 g/mol. The van der Waals surface area contributed by atoms with Crippen molar-refractivity contribution in [3.8, 4) is 23.5 Å². The third-order valence-corrected chi connectivity index (χ3v) is 5.84. The number of allylic oxidation sites excluding steroid dienone is 4. The van der Waals surface area contributed by atoms with E-state index in [4.69, 9.17) is 6.42 Å². The van der Waals surface area contributed by atoms with E-state index >= 15 is 0 Å². The minimum absolute atomic E-state index is 0.327. The highest BCUT2D eigenvalue weighted by atomic mass is 79.9. The minimum Gasteiger partial charge on any atom is -0.115 e. The number of halogens is 1. The highest BCUT2D eigenvalue weighted by molar-refractivity contribution is 9.10. The summed E-state index contributed by atoms with van der Waals surface area (Å²) in [7, 11) is 0. The van der Waals surface area contributed by atoms with Crippen LogP contribution in [0.4, 0.5) is 0 Å². The maximum Gasteiger partial charge on any atom is 0.0673 e. The van der Waals surface area contributed by atoms with Gasteiger partial charge < -0.3 is 0 Å². The van der Waals surface area contributed by atoms with Gasteiger partial charge in [0.1, 0.15) is 0 Å². The molecule has 0 amide bonds. The number of hydrogen-bond donors (Lipinski definition) is 0. The summed E-state index contributed by atoms with van der Waals surface area (Å²) in [6.45, 7) is 2.20. The number of terminal acetylenes is 1. The number of hydrogen-bond acceptors (Lipinski definition) is 0. The Morgan fingerprint density at radius 2 is 1.63 bits per heavy atom. The van der Waals surface area contributed by atoms with E-state index in [1.54, 1.807) is 6.08 Å². The van der Waals surface area contributed by atoms with Crippen LogP contribution in [0.25, 0.3) is 11.1 Å². The number of fused-ring (bicyclic) bond motifs is 3. The zero-order valence-corrected chi connectivity index (χ0v) is 16.7. The first kappa shape index (κ1) is 17.6. The van der Waals surface area contributed by atoms with Gasteiger partial charge in [0, 0.05) is 4.47 Å². The third-order valence-electron chi connectivity index (χ3n) is 5.34. The molecule has 3 aromatic rings. The van der Waals surface area contributed by atoms with Crippen molar-refractivity contribution >= 4 is 15.9 Å². The predicted octanol–water partition coefficient (Wildman–Crippen LogP) is 6.90. The van der Waals surface area contributed by atoms with Crippen molar-refractivity contribution < 1.29 is 0 Å². The Morgan fingerprint density at radius 3 is 2.41 bits per heavy atom. The van der Waals surface area contributed by atoms with E-state index < -0.39 is 0 Å². The lowest BCUT2D eigenvalue weighted by Crippen LogP contribution is -2.28. The molecule has 1 aliphatic carbocycles. The molecule has 0 bridgehead atoms. The summed E-state index contributed by atoms with van der Waals surface area (Å²) < 4.78 is 1.09. The van der Waals surface area contributed by atoms with Crippen LogP contribution in [0, 0.1) is 12.3 Å². The van der Waals surface area contributed by atoms with Crippen LogP contribution in [0.5, 0.6) is 0 Å². The molecule has 0 heterocycles. The molecule has 0 saturated carbocycles. The van der Waals surface area contributed by atoms with E-state index in [1.807, 2.05) is 6.08 Å². The molecule has 130 valence electrons. The van der Waals surface area contributed by atoms with Gasteiger partial charge >= 0.3 is 0 Å². The van der Waals surface area contributed by atoms with E-state index in [2.05, 4.69) is 108 Å². The first-order valence-electron chi connectivity index (χ1n) is 8.95. The van der Waals surface area contributed by atoms with E-state index in [0.717, 1.165) is 4.47 Å². The Labute approximate surface area is 169 Å². The molecule has 27 heavy (non-hydrogen) atoms. The van der Waals surface area contributed by atoms with Gasteiger partial charge in [-0.25, -0.2) is 0 Å². The van der Waals surface area contributed by atoms with Crippen LogP contribution in [0.1, 0.15) is 23.6 Å². The second-order valence-electron chi connectivity index (χ2n) is 6.73. The van der Waals surface area contributed by atoms with Gasteiger partial charge in [-0.2, -0.15) is 0 Å². The molecule has 0 spiro atoms. The Hall–Kier alpha value is -2.82. The van der Waals surface area contributed by atoms with Crippen molar-refractivity contribution in [2.24, 2.45) is 0 Å². The molecule has 0 fully saturated rings. The molecule has 1 aliphatic rings. The summed E-state index contributed by atoms with van der Waals surface area (Å²) in [5, 5.41) is 0. The van der Waals surface area contributed by atoms with Gasteiger partial charge in [-0.05, 0) is 52.9 Å². The summed E-state index contributed by atoms with van der Waals surface area (Å²) >= 11 is 3.65. The van der Waals surface area contributed by atoms with Crippen LogP contribution in [0.3, 0.4) is 0 Å². The largest absolute Gasteiger partial charge is 0.115 e. The Bertz CT molecular complexity index is 1100. The van der Waals surface area contributed by atoms with Gasteiger partial charge in [0.25, 0.3) is 0 Å².